The molecule has 0 N–H and O–H groups in total. The molecule has 0 heteroatoms. The second kappa shape index (κ2) is 5.56. The van der Waals surface area contributed by atoms with E-state index in [1.807, 2.05) is 0 Å². The van der Waals surface area contributed by atoms with Crippen molar-refractivity contribution in [3.8, 4) is 0 Å². The first-order chi connectivity index (χ1) is 7.70. The van der Waals surface area contributed by atoms with Crippen molar-refractivity contribution in [2.24, 2.45) is 29.6 Å². The quantitative estimate of drug-likeness (QED) is 0.596. The standard InChI is InChI=1S/C16H30/c1-12-8-4-6-10-15(12)14(3)16-11-7-5-9-13(16)2/h12-16H,4-11H2,1-3H3. The van der Waals surface area contributed by atoms with Crippen LogP contribution in [0.1, 0.15) is 72.1 Å². The molecule has 16 heavy (non-hydrogen) atoms. The first kappa shape index (κ1) is 12.5. The van der Waals surface area contributed by atoms with Crippen LogP contribution < -0.4 is 0 Å². The van der Waals surface area contributed by atoms with E-state index in [4.69, 9.17) is 0 Å². The minimum absolute atomic E-state index is 0.991. The molecule has 2 rings (SSSR count). The molecule has 0 saturated heterocycles. The zero-order valence-electron chi connectivity index (χ0n) is 11.5. The van der Waals surface area contributed by atoms with Crippen molar-refractivity contribution >= 4 is 0 Å². The highest BCUT2D eigenvalue weighted by molar-refractivity contribution is 4.84. The minimum atomic E-state index is 0.991. The molecule has 0 bridgehead atoms. The highest BCUT2D eigenvalue weighted by Crippen LogP contribution is 2.44. The van der Waals surface area contributed by atoms with Crippen LogP contribution in [0, 0.1) is 29.6 Å². The molecule has 0 nitrogen and oxygen atoms in total. The Morgan fingerprint density at radius 1 is 0.688 bits per heavy atom. The molecule has 4 atom stereocenters. The van der Waals surface area contributed by atoms with E-state index in [1.54, 1.807) is 0 Å². The number of hydrogen-bond acceptors (Lipinski definition) is 0. The molecule has 2 aliphatic rings. The topological polar surface area (TPSA) is 0 Å². The lowest BCUT2D eigenvalue weighted by Crippen LogP contribution is -2.33. The van der Waals surface area contributed by atoms with Gasteiger partial charge in [-0.2, -0.15) is 0 Å². The summed E-state index contributed by atoms with van der Waals surface area (Å²) in [6.45, 7) is 7.58. The Kier molecular flexibility index (Phi) is 4.33. The van der Waals surface area contributed by atoms with E-state index in [9.17, 15) is 0 Å². The fourth-order valence-corrected chi connectivity index (χ4v) is 4.57. The van der Waals surface area contributed by atoms with Gasteiger partial charge >= 0.3 is 0 Å². The van der Waals surface area contributed by atoms with Crippen molar-refractivity contribution < 1.29 is 0 Å². The van der Waals surface area contributed by atoms with E-state index in [0.717, 1.165) is 29.6 Å². The van der Waals surface area contributed by atoms with Gasteiger partial charge in [-0.05, 0) is 42.4 Å². The number of rotatable bonds is 2. The second-order valence-electron chi connectivity index (χ2n) is 6.71. The molecule has 0 amide bonds. The Balaban J connectivity index is 1.96. The lowest BCUT2D eigenvalue weighted by molar-refractivity contribution is 0.0843. The minimum Gasteiger partial charge on any atom is -0.0622 e. The third kappa shape index (κ3) is 2.63. The second-order valence-corrected chi connectivity index (χ2v) is 6.71. The maximum Gasteiger partial charge on any atom is -0.0360 e. The van der Waals surface area contributed by atoms with E-state index in [2.05, 4.69) is 20.8 Å². The van der Waals surface area contributed by atoms with Gasteiger partial charge in [0.15, 0.2) is 0 Å². The lowest BCUT2D eigenvalue weighted by atomic mass is 9.64. The van der Waals surface area contributed by atoms with Crippen LogP contribution in [0.15, 0.2) is 0 Å². The molecule has 4 unspecified atom stereocenters. The molecule has 0 aromatic rings. The van der Waals surface area contributed by atoms with E-state index in [1.165, 1.54) is 51.4 Å². The zero-order valence-corrected chi connectivity index (χ0v) is 11.5. The SMILES string of the molecule is CC1CCCCC1C(C)C1CCCCC1C. The van der Waals surface area contributed by atoms with E-state index in [-0.39, 0.29) is 0 Å². The monoisotopic (exact) mass is 222 g/mol. The average molecular weight is 222 g/mol. The van der Waals surface area contributed by atoms with Crippen LogP contribution in [0.5, 0.6) is 0 Å². The summed E-state index contributed by atoms with van der Waals surface area (Å²) in [5, 5.41) is 0. The van der Waals surface area contributed by atoms with Gasteiger partial charge in [0.2, 0.25) is 0 Å². The summed E-state index contributed by atoms with van der Waals surface area (Å²) >= 11 is 0. The molecule has 0 heterocycles. The molecule has 2 fully saturated rings. The Morgan fingerprint density at radius 3 is 1.44 bits per heavy atom. The Morgan fingerprint density at radius 2 is 1.06 bits per heavy atom. The van der Waals surface area contributed by atoms with E-state index in [0.29, 0.717) is 0 Å². The Hall–Kier alpha value is 0. The molecule has 0 aromatic heterocycles. The smallest absolute Gasteiger partial charge is 0.0360 e. The van der Waals surface area contributed by atoms with Gasteiger partial charge in [-0.1, -0.05) is 59.3 Å². The molecule has 0 aliphatic heterocycles. The van der Waals surface area contributed by atoms with Gasteiger partial charge in [0.05, 0.1) is 0 Å². The van der Waals surface area contributed by atoms with Crippen molar-refractivity contribution in [1.29, 1.82) is 0 Å². The summed E-state index contributed by atoms with van der Waals surface area (Å²) in [7, 11) is 0. The van der Waals surface area contributed by atoms with Gasteiger partial charge < -0.3 is 0 Å². The third-order valence-electron chi connectivity index (χ3n) is 5.71. The first-order valence-corrected chi connectivity index (χ1v) is 7.70. The van der Waals surface area contributed by atoms with Crippen molar-refractivity contribution in [2.45, 2.75) is 72.1 Å². The van der Waals surface area contributed by atoms with Crippen molar-refractivity contribution in [2.75, 3.05) is 0 Å². The Bertz CT molecular complexity index is 186. The van der Waals surface area contributed by atoms with Crippen molar-refractivity contribution in [3.05, 3.63) is 0 Å². The molecule has 94 valence electrons. The summed E-state index contributed by atoms with van der Waals surface area (Å²) in [6.07, 6.45) is 12.0. The van der Waals surface area contributed by atoms with Crippen LogP contribution >= 0.6 is 0 Å². The van der Waals surface area contributed by atoms with Gasteiger partial charge in [-0.25, -0.2) is 0 Å². The predicted octanol–water partition coefficient (Wildman–Crippen LogP) is 5.28. The Labute approximate surface area is 102 Å². The predicted molar refractivity (Wildman–Crippen MR) is 71.4 cm³/mol. The molecular formula is C16H30. The van der Waals surface area contributed by atoms with E-state index >= 15 is 0 Å². The molecular weight excluding hydrogens is 192 g/mol. The lowest BCUT2D eigenvalue weighted by Gasteiger charge is -2.41. The van der Waals surface area contributed by atoms with Crippen LogP contribution in [0.3, 0.4) is 0 Å². The summed E-state index contributed by atoms with van der Waals surface area (Å²) < 4.78 is 0. The van der Waals surface area contributed by atoms with Crippen LogP contribution in [-0.4, -0.2) is 0 Å². The van der Waals surface area contributed by atoms with Gasteiger partial charge in [-0.3, -0.25) is 0 Å². The molecule has 0 aromatic carbocycles. The average Bonchev–Trinajstić information content (AvgIpc) is 2.29. The van der Waals surface area contributed by atoms with Crippen molar-refractivity contribution in [1.82, 2.24) is 0 Å². The van der Waals surface area contributed by atoms with Gasteiger partial charge in [0.25, 0.3) is 0 Å². The molecule has 2 saturated carbocycles. The van der Waals surface area contributed by atoms with Crippen molar-refractivity contribution in [3.63, 3.8) is 0 Å². The maximum absolute atomic E-state index is 2.57. The van der Waals surface area contributed by atoms with Crippen LogP contribution in [0.4, 0.5) is 0 Å². The molecule has 0 spiro atoms. The van der Waals surface area contributed by atoms with Crippen LogP contribution in [-0.2, 0) is 0 Å². The van der Waals surface area contributed by atoms with Crippen LogP contribution in [0.25, 0.3) is 0 Å². The summed E-state index contributed by atoms with van der Waals surface area (Å²) in [6, 6.07) is 0. The third-order valence-corrected chi connectivity index (χ3v) is 5.71. The highest BCUT2D eigenvalue weighted by atomic mass is 14.4. The zero-order chi connectivity index (χ0) is 11.5. The van der Waals surface area contributed by atoms with Gasteiger partial charge in [0.1, 0.15) is 0 Å². The van der Waals surface area contributed by atoms with E-state index < -0.39 is 0 Å². The normalized spacial score (nSPS) is 42.9. The maximum atomic E-state index is 2.57. The highest BCUT2D eigenvalue weighted by Gasteiger charge is 2.34. The summed E-state index contributed by atoms with van der Waals surface area (Å²) in [4.78, 5) is 0. The largest absolute Gasteiger partial charge is 0.0622 e. The molecule has 2 aliphatic carbocycles. The van der Waals surface area contributed by atoms with Gasteiger partial charge in [0, 0.05) is 0 Å². The first-order valence-electron chi connectivity index (χ1n) is 7.70. The summed E-state index contributed by atoms with van der Waals surface area (Å²) in [5.74, 6) is 5.07. The molecule has 0 radical (unpaired) electrons. The number of hydrogen-bond donors (Lipinski definition) is 0. The fourth-order valence-electron chi connectivity index (χ4n) is 4.57. The van der Waals surface area contributed by atoms with Crippen LogP contribution in [0.2, 0.25) is 0 Å². The fraction of sp³-hybridized carbons (Fsp3) is 1.00. The van der Waals surface area contributed by atoms with Gasteiger partial charge in [-0.15, -0.1) is 0 Å². The summed E-state index contributed by atoms with van der Waals surface area (Å²) in [5.41, 5.74) is 0.